The van der Waals surface area contributed by atoms with Crippen molar-refractivity contribution < 1.29 is 14.3 Å². The molecule has 0 fully saturated rings. The Balaban J connectivity index is 1.68. The molecule has 1 N–H and O–H groups in total. The Morgan fingerprint density at radius 3 is 2.95 bits per heavy atom. The molecule has 108 valence electrons. The van der Waals surface area contributed by atoms with E-state index >= 15 is 0 Å². The minimum atomic E-state index is -0.259. The van der Waals surface area contributed by atoms with Crippen molar-refractivity contribution in [2.24, 2.45) is 0 Å². The van der Waals surface area contributed by atoms with Crippen molar-refractivity contribution in [2.45, 2.75) is 13.5 Å². The molecule has 0 aliphatic carbocycles. The topological polar surface area (TPSA) is 60.5 Å². The smallest absolute Gasteiger partial charge is 0.254 e. The predicted octanol–water partition coefficient (Wildman–Crippen LogP) is 2.70. The fourth-order valence-electron chi connectivity index (χ4n) is 2.02. The van der Waals surface area contributed by atoms with Crippen LogP contribution >= 0.6 is 11.6 Å². The van der Waals surface area contributed by atoms with E-state index in [1.807, 2.05) is 25.1 Å². The van der Waals surface area contributed by atoms with Gasteiger partial charge in [-0.05, 0) is 30.7 Å². The molecule has 1 aliphatic heterocycles. The van der Waals surface area contributed by atoms with Gasteiger partial charge in [-0.15, -0.1) is 0 Å². The number of hydrogen-bond donors (Lipinski definition) is 1. The van der Waals surface area contributed by atoms with Crippen molar-refractivity contribution in [1.82, 2.24) is 10.3 Å². The Bertz CT molecular complexity index is 703. The molecule has 2 heterocycles. The summed E-state index contributed by atoms with van der Waals surface area (Å²) in [5.41, 5.74) is 2.05. The standard InChI is InChI=1S/C15H13ClN2O3/c1-9-4-12(16)11(7-17-9)15(19)18-6-10-2-3-13-14(5-10)21-8-20-13/h2-5,7H,6,8H2,1H3,(H,18,19). The Kier molecular flexibility index (Phi) is 3.66. The lowest BCUT2D eigenvalue weighted by molar-refractivity contribution is 0.0950. The molecular formula is C15H13ClN2O3. The summed E-state index contributed by atoms with van der Waals surface area (Å²) in [6.07, 6.45) is 1.48. The molecule has 0 atom stereocenters. The minimum absolute atomic E-state index is 0.232. The molecule has 0 saturated heterocycles. The Morgan fingerprint density at radius 1 is 1.33 bits per heavy atom. The van der Waals surface area contributed by atoms with Gasteiger partial charge in [0.1, 0.15) is 0 Å². The molecule has 0 radical (unpaired) electrons. The molecule has 0 spiro atoms. The molecule has 0 unspecified atom stereocenters. The van der Waals surface area contributed by atoms with Crippen molar-refractivity contribution in [3.63, 3.8) is 0 Å². The van der Waals surface area contributed by atoms with Crippen LogP contribution in [0.25, 0.3) is 0 Å². The molecule has 1 aromatic heterocycles. The third-order valence-electron chi connectivity index (χ3n) is 3.12. The van der Waals surface area contributed by atoms with E-state index in [1.165, 1.54) is 6.20 Å². The zero-order valence-electron chi connectivity index (χ0n) is 11.4. The monoisotopic (exact) mass is 304 g/mol. The molecule has 1 aliphatic rings. The average molecular weight is 305 g/mol. The summed E-state index contributed by atoms with van der Waals surface area (Å²) in [7, 11) is 0. The van der Waals surface area contributed by atoms with Gasteiger partial charge < -0.3 is 14.8 Å². The maximum absolute atomic E-state index is 12.1. The van der Waals surface area contributed by atoms with Crippen LogP contribution in [0.4, 0.5) is 0 Å². The molecule has 1 aromatic carbocycles. The Labute approximate surface area is 126 Å². The maximum atomic E-state index is 12.1. The number of benzene rings is 1. The summed E-state index contributed by atoms with van der Waals surface area (Å²) in [6, 6.07) is 7.21. The maximum Gasteiger partial charge on any atom is 0.254 e. The number of pyridine rings is 1. The number of amides is 1. The number of carbonyl (C=O) groups is 1. The Morgan fingerprint density at radius 2 is 2.14 bits per heavy atom. The number of aromatic nitrogens is 1. The number of aryl methyl sites for hydroxylation is 1. The molecule has 5 nitrogen and oxygen atoms in total. The van der Waals surface area contributed by atoms with E-state index in [1.54, 1.807) is 6.07 Å². The highest BCUT2D eigenvalue weighted by atomic mass is 35.5. The van der Waals surface area contributed by atoms with Gasteiger partial charge in [-0.2, -0.15) is 0 Å². The zero-order chi connectivity index (χ0) is 14.8. The van der Waals surface area contributed by atoms with Crippen LogP contribution in [0, 0.1) is 6.92 Å². The summed E-state index contributed by atoms with van der Waals surface area (Å²) < 4.78 is 10.5. The van der Waals surface area contributed by atoms with Crippen LogP contribution in [0.2, 0.25) is 5.02 Å². The van der Waals surface area contributed by atoms with E-state index in [0.29, 0.717) is 22.9 Å². The number of nitrogens with zero attached hydrogens (tertiary/aromatic N) is 1. The van der Waals surface area contributed by atoms with E-state index in [4.69, 9.17) is 21.1 Å². The Hall–Kier alpha value is -2.27. The highest BCUT2D eigenvalue weighted by Crippen LogP contribution is 2.32. The highest BCUT2D eigenvalue weighted by Gasteiger charge is 2.14. The van der Waals surface area contributed by atoms with E-state index in [0.717, 1.165) is 17.0 Å². The van der Waals surface area contributed by atoms with Gasteiger partial charge >= 0.3 is 0 Å². The van der Waals surface area contributed by atoms with Crippen LogP contribution < -0.4 is 14.8 Å². The molecule has 0 saturated carbocycles. The van der Waals surface area contributed by atoms with Gasteiger partial charge in [-0.25, -0.2) is 0 Å². The van der Waals surface area contributed by atoms with Crippen LogP contribution in [0.5, 0.6) is 11.5 Å². The first-order valence-electron chi connectivity index (χ1n) is 6.42. The fourth-order valence-corrected chi connectivity index (χ4v) is 2.31. The van der Waals surface area contributed by atoms with Gasteiger partial charge in [0.2, 0.25) is 6.79 Å². The average Bonchev–Trinajstić information content (AvgIpc) is 2.92. The summed E-state index contributed by atoms with van der Waals surface area (Å²) in [6.45, 7) is 2.43. The van der Waals surface area contributed by atoms with Crippen LogP contribution in [0.1, 0.15) is 21.6 Å². The lowest BCUT2D eigenvalue weighted by atomic mass is 10.2. The summed E-state index contributed by atoms with van der Waals surface area (Å²) in [4.78, 5) is 16.2. The third-order valence-corrected chi connectivity index (χ3v) is 3.44. The minimum Gasteiger partial charge on any atom is -0.454 e. The zero-order valence-corrected chi connectivity index (χ0v) is 12.1. The molecule has 3 rings (SSSR count). The van der Waals surface area contributed by atoms with Gasteiger partial charge in [0, 0.05) is 18.4 Å². The number of hydrogen-bond acceptors (Lipinski definition) is 4. The summed E-state index contributed by atoms with van der Waals surface area (Å²) in [5, 5.41) is 3.20. The highest BCUT2D eigenvalue weighted by molar-refractivity contribution is 6.33. The van der Waals surface area contributed by atoms with E-state index in [2.05, 4.69) is 10.3 Å². The normalized spacial score (nSPS) is 12.3. The quantitative estimate of drug-likeness (QED) is 0.947. The number of nitrogens with one attached hydrogen (secondary N) is 1. The van der Waals surface area contributed by atoms with Crippen molar-refractivity contribution in [3.05, 3.63) is 52.3 Å². The van der Waals surface area contributed by atoms with Crippen molar-refractivity contribution in [2.75, 3.05) is 6.79 Å². The molecule has 1 amide bonds. The molecule has 6 heteroatoms. The summed E-state index contributed by atoms with van der Waals surface area (Å²) in [5.74, 6) is 1.15. The predicted molar refractivity (Wildman–Crippen MR) is 77.7 cm³/mol. The third kappa shape index (κ3) is 2.92. The van der Waals surface area contributed by atoms with Crippen LogP contribution in [-0.4, -0.2) is 17.7 Å². The van der Waals surface area contributed by atoms with Gasteiger partial charge in [-0.3, -0.25) is 9.78 Å². The lowest BCUT2D eigenvalue weighted by Crippen LogP contribution is -2.23. The molecule has 0 bridgehead atoms. The van der Waals surface area contributed by atoms with E-state index in [-0.39, 0.29) is 12.7 Å². The molecule has 2 aromatic rings. The van der Waals surface area contributed by atoms with Crippen molar-refractivity contribution in [3.8, 4) is 11.5 Å². The van der Waals surface area contributed by atoms with Gasteiger partial charge in [0.15, 0.2) is 11.5 Å². The number of fused-ring (bicyclic) bond motifs is 1. The van der Waals surface area contributed by atoms with Gasteiger partial charge in [0.25, 0.3) is 5.91 Å². The number of halogens is 1. The SMILES string of the molecule is Cc1cc(Cl)c(C(=O)NCc2ccc3c(c2)OCO3)cn1. The van der Waals surface area contributed by atoms with Gasteiger partial charge in [-0.1, -0.05) is 17.7 Å². The van der Waals surface area contributed by atoms with Gasteiger partial charge in [0.05, 0.1) is 10.6 Å². The second-order valence-corrected chi connectivity index (χ2v) is 5.08. The van der Waals surface area contributed by atoms with Crippen LogP contribution in [0.15, 0.2) is 30.5 Å². The summed E-state index contributed by atoms with van der Waals surface area (Å²) >= 11 is 6.05. The van der Waals surface area contributed by atoms with E-state index in [9.17, 15) is 4.79 Å². The number of rotatable bonds is 3. The molecular weight excluding hydrogens is 292 g/mol. The fraction of sp³-hybridized carbons (Fsp3) is 0.200. The van der Waals surface area contributed by atoms with E-state index < -0.39 is 0 Å². The van der Waals surface area contributed by atoms with Crippen LogP contribution in [0.3, 0.4) is 0 Å². The first-order valence-corrected chi connectivity index (χ1v) is 6.80. The second kappa shape index (κ2) is 5.61. The largest absolute Gasteiger partial charge is 0.454 e. The lowest BCUT2D eigenvalue weighted by Gasteiger charge is -2.07. The van der Waals surface area contributed by atoms with Crippen LogP contribution in [-0.2, 0) is 6.54 Å². The first-order chi connectivity index (χ1) is 10.1. The van der Waals surface area contributed by atoms with Crippen molar-refractivity contribution in [1.29, 1.82) is 0 Å². The number of carbonyl (C=O) groups excluding carboxylic acids is 1. The second-order valence-electron chi connectivity index (χ2n) is 4.68. The van der Waals surface area contributed by atoms with Crippen molar-refractivity contribution >= 4 is 17.5 Å². The number of ether oxygens (including phenoxy) is 2. The first kappa shape index (κ1) is 13.7. The molecule has 21 heavy (non-hydrogen) atoms.